The lowest BCUT2D eigenvalue weighted by atomic mass is 10.2. The minimum Gasteiger partial charge on any atom is -0.399 e. The van der Waals surface area contributed by atoms with Gasteiger partial charge in [-0.1, -0.05) is 11.8 Å². The lowest BCUT2D eigenvalue weighted by Gasteiger charge is -2.06. The lowest BCUT2D eigenvalue weighted by Crippen LogP contribution is -1.89. The van der Waals surface area contributed by atoms with Gasteiger partial charge >= 0.3 is 0 Å². The molecule has 0 fully saturated rings. The van der Waals surface area contributed by atoms with E-state index < -0.39 is 0 Å². The highest BCUT2D eigenvalue weighted by atomic mass is 32.2. The number of benzene rings is 2. The van der Waals surface area contributed by atoms with Crippen molar-refractivity contribution >= 4 is 23.1 Å². The SMILES string of the molecule is Cc1cc(N)cc(Sc2ccc(N)c(C)c2)c1. The van der Waals surface area contributed by atoms with E-state index in [1.807, 2.05) is 31.2 Å². The number of hydrogen-bond donors (Lipinski definition) is 2. The number of rotatable bonds is 2. The van der Waals surface area contributed by atoms with Gasteiger partial charge in [-0.05, 0) is 61.4 Å². The largest absolute Gasteiger partial charge is 0.399 e. The summed E-state index contributed by atoms with van der Waals surface area (Å²) in [7, 11) is 0. The minimum absolute atomic E-state index is 0.805. The van der Waals surface area contributed by atoms with Crippen molar-refractivity contribution in [3.8, 4) is 0 Å². The molecule has 3 heteroatoms. The zero-order valence-electron chi connectivity index (χ0n) is 10.0. The van der Waals surface area contributed by atoms with Crippen LogP contribution in [0.4, 0.5) is 11.4 Å². The summed E-state index contributed by atoms with van der Waals surface area (Å²) >= 11 is 1.70. The van der Waals surface area contributed by atoms with Crippen molar-refractivity contribution in [2.24, 2.45) is 0 Å². The van der Waals surface area contributed by atoms with E-state index in [9.17, 15) is 0 Å². The zero-order valence-corrected chi connectivity index (χ0v) is 10.8. The Kier molecular flexibility index (Phi) is 3.29. The monoisotopic (exact) mass is 244 g/mol. The molecule has 0 aliphatic carbocycles. The maximum atomic E-state index is 5.83. The predicted molar refractivity (Wildman–Crippen MR) is 75.3 cm³/mol. The predicted octanol–water partition coefficient (Wildman–Crippen LogP) is 3.62. The summed E-state index contributed by atoms with van der Waals surface area (Å²) in [5, 5.41) is 0. The third-order valence-corrected chi connectivity index (χ3v) is 3.51. The Morgan fingerprint density at radius 3 is 2.29 bits per heavy atom. The van der Waals surface area contributed by atoms with Crippen LogP contribution in [-0.2, 0) is 0 Å². The average molecular weight is 244 g/mol. The van der Waals surface area contributed by atoms with Gasteiger partial charge in [-0.15, -0.1) is 0 Å². The number of anilines is 2. The Hall–Kier alpha value is -1.61. The molecule has 17 heavy (non-hydrogen) atoms. The highest BCUT2D eigenvalue weighted by Gasteiger charge is 2.01. The molecule has 0 aliphatic rings. The van der Waals surface area contributed by atoms with Crippen LogP contribution < -0.4 is 11.5 Å². The van der Waals surface area contributed by atoms with Gasteiger partial charge in [0.25, 0.3) is 0 Å². The first-order valence-corrected chi connectivity index (χ1v) is 6.27. The number of hydrogen-bond acceptors (Lipinski definition) is 3. The summed E-state index contributed by atoms with van der Waals surface area (Å²) in [4.78, 5) is 2.34. The Bertz CT molecular complexity index is 530. The van der Waals surface area contributed by atoms with Crippen LogP contribution in [0.1, 0.15) is 11.1 Å². The molecule has 0 unspecified atom stereocenters. The van der Waals surface area contributed by atoms with Crippen molar-refractivity contribution in [3.63, 3.8) is 0 Å². The molecule has 0 saturated heterocycles. The van der Waals surface area contributed by atoms with Crippen LogP contribution in [0.3, 0.4) is 0 Å². The van der Waals surface area contributed by atoms with Crippen LogP contribution in [0.25, 0.3) is 0 Å². The Morgan fingerprint density at radius 2 is 1.65 bits per heavy atom. The van der Waals surface area contributed by atoms with Crippen LogP contribution in [0.15, 0.2) is 46.2 Å². The van der Waals surface area contributed by atoms with Crippen molar-refractivity contribution in [2.75, 3.05) is 11.5 Å². The van der Waals surface area contributed by atoms with Gasteiger partial charge in [0, 0.05) is 21.2 Å². The first-order valence-electron chi connectivity index (χ1n) is 5.46. The van der Waals surface area contributed by atoms with E-state index in [2.05, 4.69) is 19.1 Å². The maximum Gasteiger partial charge on any atom is 0.0344 e. The van der Waals surface area contributed by atoms with Gasteiger partial charge in [-0.25, -0.2) is 0 Å². The van der Waals surface area contributed by atoms with Crippen molar-refractivity contribution in [1.29, 1.82) is 0 Å². The second kappa shape index (κ2) is 4.72. The molecule has 0 bridgehead atoms. The third kappa shape index (κ3) is 2.94. The van der Waals surface area contributed by atoms with E-state index in [4.69, 9.17) is 11.5 Å². The summed E-state index contributed by atoms with van der Waals surface area (Å²) in [5.41, 5.74) is 15.6. The molecule has 0 amide bonds. The quantitative estimate of drug-likeness (QED) is 0.793. The van der Waals surface area contributed by atoms with E-state index >= 15 is 0 Å². The summed E-state index contributed by atoms with van der Waals surface area (Å²) in [6, 6.07) is 12.2. The third-order valence-electron chi connectivity index (χ3n) is 2.55. The Labute approximate surface area is 106 Å². The zero-order chi connectivity index (χ0) is 12.4. The molecule has 0 spiro atoms. The van der Waals surface area contributed by atoms with Crippen molar-refractivity contribution < 1.29 is 0 Å². The molecular weight excluding hydrogens is 228 g/mol. The van der Waals surface area contributed by atoms with E-state index in [1.165, 1.54) is 10.5 Å². The smallest absolute Gasteiger partial charge is 0.0344 e. The fourth-order valence-corrected chi connectivity index (χ4v) is 2.77. The molecule has 0 aromatic heterocycles. The number of nitrogens with two attached hydrogens (primary N) is 2. The molecular formula is C14H16N2S. The van der Waals surface area contributed by atoms with Gasteiger partial charge in [0.05, 0.1) is 0 Å². The number of nitrogen functional groups attached to an aromatic ring is 2. The standard InChI is InChI=1S/C14H16N2S/c1-9-5-11(15)8-13(6-9)17-12-3-4-14(16)10(2)7-12/h3-8H,15-16H2,1-2H3. The van der Waals surface area contributed by atoms with E-state index in [1.54, 1.807) is 11.8 Å². The van der Waals surface area contributed by atoms with Gasteiger partial charge in [0.15, 0.2) is 0 Å². The first-order chi connectivity index (χ1) is 8.04. The van der Waals surface area contributed by atoms with Crippen LogP contribution in [-0.4, -0.2) is 0 Å². The van der Waals surface area contributed by atoms with Crippen LogP contribution >= 0.6 is 11.8 Å². The van der Waals surface area contributed by atoms with Crippen LogP contribution in [0.5, 0.6) is 0 Å². The fraction of sp³-hybridized carbons (Fsp3) is 0.143. The molecule has 0 radical (unpaired) electrons. The van der Waals surface area contributed by atoms with Crippen LogP contribution in [0, 0.1) is 13.8 Å². The molecule has 2 aromatic rings. The normalized spacial score (nSPS) is 10.5. The van der Waals surface area contributed by atoms with E-state index in [0.29, 0.717) is 0 Å². The first kappa shape index (κ1) is 11.9. The molecule has 2 nitrogen and oxygen atoms in total. The van der Waals surface area contributed by atoms with Gasteiger partial charge in [-0.3, -0.25) is 0 Å². The molecule has 0 aliphatic heterocycles. The molecule has 2 rings (SSSR count). The molecule has 4 N–H and O–H groups in total. The molecule has 0 saturated carbocycles. The topological polar surface area (TPSA) is 52.0 Å². The molecule has 2 aromatic carbocycles. The Balaban J connectivity index is 2.28. The fourth-order valence-electron chi connectivity index (χ4n) is 1.68. The maximum absolute atomic E-state index is 5.83. The second-order valence-electron chi connectivity index (χ2n) is 4.20. The van der Waals surface area contributed by atoms with Gasteiger partial charge in [-0.2, -0.15) is 0 Å². The van der Waals surface area contributed by atoms with Gasteiger partial charge in [0.2, 0.25) is 0 Å². The van der Waals surface area contributed by atoms with E-state index in [-0.39, 0.29) is 0 Å². The average Bonchev–Trinajstić information content (AvgIpc) is 2.22. The highest BCUT2D eigenvalue weighted by Crippen LogP contribution is 2.31. The molecule has 0 atom stereocenters. The number of aryl methyl sites for hydroxylation is 2. The second-order valence-corrected chi connectivity index (χ2v) is 5.35. The van der Waals surface area contributed by atoms with Crippen molar-refractivity contribution in [1.82, 2.24) is 0 Å². The molecule has 88 valence electrons. The Morgan fingerprint density at radius 1 is 0.882 bits per heavy atom. The van der Waals surface area contributed by atoms with Gasteiger partial charge < -0.3 is 11.5 Å². The summed E-state index contributed by atoms with van der Waals surface area (Å²) in [6.07, 6.45) is 0. The summed E-state index contributed by atoms with van der Waals surface area (Å²) in [5.74, 6) is 0. The van der Waals surface area contributed by atoms with Crippen molar-refractivity contribution in [2.45, 2.75) is 23.6 Å². The van der Waals surface area contributed by atoms with E-state index in [0.717, 1.165) is 21.8 Å². The summed E-state index contributed by atoms with van der Waals surface area (Å²) in [6.45, 7) is 4.07. The highest BCUT2D eigenvalue weighted by molar-refractivity contribution is 7.99. The van der Waals surface area contributed by atoms with Crippen molar-refractivity contribution in [3.05, 3.63) is 47.5 Å². The van der Waals surface area contributed by atoms with Crippen LogP contribution in [0.2, 0.25) is 0 Å². The van der Waals surface area contributed by atoms with Gasteiger partial charge in [0.1, 0.15) is 0 Å². The lowest BCUT2D eigenvalue weighted by molar-refractivity contribution is 1.33. The molecule has 0 heterocycles. The summed E-state index contributed by atoms with van der Waals surface area (Å²) < 4.78 is 0. The minimum atomic E-state index is 0.805.